The lowest BCUT2D eigenvalue weighted by Crippen LogP contribution is -1.87. The Morgan fingerprint density at radius 3 is 2.71 bits per heavy atom. The molecule has 0 radical (unpaired) electrons. The highest BCUT2D eigenvalue weighted by molar-refractivity contribution is 5.73. The fourth-order valence-electron chi connectivity index (χ4n) is 1.84. The van der Waals surface area contributed by atoms with Crippen molar-refractivity contribution in [3.63, 3.8) is 0 Å². The van der Waals surface area contributed by atoms with E-state index in [1.807, 2.05) is 25.3 Å². The number of rotatable bonds is 6. The quantitative estimate of drug-likeness (QED) is 0.666. The van der Waals surface area contributed by atoms with Gasteiger partial charge in [-0.15, -0.1) is 0 Å². The lowest BCUT2D eigenvalue weighted by atomic mass is 9.99. The number of aromatic amines is 1. The van der Waals surface area contributed by atoms with Crippen LogP contribution in [0.1, 0.15) is 36.6 Å². The molecule has 1 heterocycles. The zero-order valence-electron chi connectivity index (χ0n) is 10.8. The van der Waals surface area contributed by atoms with Crippen LogP contribution in [-0.2, 0) is 0 Å². The van der Waals surface area contributed by atoms with Crippen molar-refractivity contribution in [3.05, 3.63) is 60.5 Å². The SMILES string of the molecule is C=Cc1[nH]cc(C)c1C(=C)CC/C=C\C(=C)C. The molecule has 17 heavy (non-hydrogen) atoms. The van der Waals surface area contributed by atoms with E-state index in [1.54, 1.807) is 0 Å². The van der Waals surface area contributed by atoms with E-state index in [9.17, 15) is 0 Å². The van der Waals surface area contributed by atoms with Gasteiger partial charge in [0.15, 0.2) is 0 Å². The summed E-state index contributed by atoms with van der Waals surface area (Å²) in [6, 6.07) is 0. The van der Waals surface area contributed by atoms with Gasteiger partial charge in [0.25, 0.3) is 0 Å². The third kappa shape index (κ3) is 3.63. The Bertz CT molecular complexity index is 458. The molecule has 1 rings (SSSR count). The molecule has 0 saturated carbocycles. The summed E-state index contributed by atoms with van der Waals surface area (Å²) in [5.74, 6) is 0. The molecule has 1 aromatic rings. The van der Waals surface area contributed by atoms with Crippen molar-refractivity contribution >= 4 is 11.6 Å². The molecule has 0 aliphatic carbocycles. The van der Waals surface area contributed by atoms with E-state index in [0.717, 1.165) is 29.7 Å². The molecule has 90 valence electrons. The van der Waals surface area contributed by atoms with Crippen molar-refractivity contribution in [2.24, 2.45) is 0 Å². The molecule has 0 fully saturated rings. The van der Waals surface area contributed by atoms with E-state index < -0.39 is 0 Å². The zero-order valence-corrected chi connectivity index (χ0v) is 10.8. The van der Waals surface area contributed by atoms with Gasteiger partial charge in [-0.3, -0.25) is 0 Å². The number of hydrogen-bond donors (Lipinski definition) is 1. The minimum Gasteiger partial charge on any atom is -0.361 e. The summed E-state index contributed by atoms with van der Waals surface area (Å²) in [6.07, 6.45) is 9.99. The van der Waals surface area contributed by atoms with Gasteiger partial charge in [0.2, 0.25) is 0 Å². The largest absolute Gasteiger partial charge is 0.361 e. The molecule has 1 N–H and O–H groups in total. The normalized spacial score (nSPS) is 10.7. The monoisotopic (exact) mass is 227 g/mol. The Balaban J connectivity index is 2.67. The van der Waals surface area contributed by atoms with Gasteiger partial charge in [0, 0.05) is 17.5 Å². The maximum atomic E-state index is 4.16. The Hall–Kier alpha value is -1.76. The fourth-order valence-corrected chi connectivity index (χ4v) is 1.84. The minimum absolute atomic E-state index is 0.962. The molecular weight excluding hydrogens is 206 g/mol. The van der Waals surface area contributed by atoms with E-state index in [0.29, 0.717) is 0 Å². The Morgan fingerprint density at radius 2 is 2.12 bits per heavy atom. The zero-order chi connectivity index (χ0) is 12.8. The topological polar surface area (TPSA) is 15.8 Å². The van der Waals surface area contributed by atoms with Crippen LogP contribution in [0.15, 0.2) is 43.7 Å². The summed E-state index contributed by atoms with van der Waals surface area (Å²) >= 11 is 0. The summed E-state index contributed by atoms with van der Waals surface area (Å²) < 4.78 is 0. The van der Waals surface area contributed by atoms with Gasteiger partial charge in [-0.2, -0.15) is 0 Å². The summed E-state index contributed by atoms with van der Waals surface area (Å²) in [5, 5.41) is 0. The van der Waals surface area contributed by atoms with E-state index in [4.69, 9.17) is 0 Å². The van der Waals surface area contributed by atoms with E-state index >= 15 is 0 Å². The van der Waals surface area contributed by atoms with Gasteiger partial charge in [-0.05, 0) is 43.9 Å². The van der Waals surface area contributed by atoms with Crippen molar-refractivity contribution in [3.8, 4) is 0 Å². The van der Waals surface area contributed by atoms with Crippen molar-refractivity contribution in [2.45, 2.75) is 26.7 Å². The maximum absolute atomic E-state index is 4.16. The second-order valence-electron chi connectivity index (χ2n) is 4.36. The summed E-state index contributed by atoms with van der Waals surface area (Å²) in [7, 11) is 0. The van der Waals surface area contributed by atoms with Gasteiger partial charge in [-0.25, -0.2) is 0 Å². The van der Waals surface area contributed by atoms with Crippen LogP contribution < -0.4 is 0 Å². The van der Waals surface area contributed by atoms with Gasteiger partial charge in [-0.1, -0.05) is 37.5 Å². The molecular formula is C16H21N. The van der Waals surface area contributed by atoms with Crippen molar-refractivity contribution in [1.82, 2.24) is 4.98 Å². The van der Waals surface area contributed by atoms with Gasteiger partial charge in [0.05, 0.1) is 0 Å². The molecule has 1 aromatic heterocycles. The summed E-state index contributed by atoms with van der Waals surface area (Å²) in [5.41, 5.74) is 5.75. The van der Waals surface area contributed by atoms with Crippen LogP contribution in [0.3, 0.4) is 0 Å². The first-order valence-corrected chi connectivity index (χ1v) is 5.87. The maximum Gasteiger partial charge on any atom is 0.0453 e. The molecule has 0 bridgehead atoms. The highest BCUT2D eigenvalue weighted by Gasteiger charge is 2.08. The lowest BCUT2D eigenvalue weighted by Gasteiger charge is -2.05. The molecule has 0 atom stereocenters. The number of nitrogens with one attached hydrogen (secondary N) is 1. The van der Waals surface area contributed by atoms with E-state index in [2.05, 4.69) is 37.7 Å². The highest BCUT2D eigenvalue weighted by atomic mass is 14.7. The molecule has 0 aliphatic rings. The highest BCUT2D eigenvalue weighted by Crippen LogP contribution is 2.26. The third-order valence-corrected chi connectivity index (χ3v) is 2.68. The van der Waals surface area contributed by atoms with Crippen LogP contribution >= 0.6 is 0 Å². The lowest BCUT2D eigenvalue weighted by molar-refractivity contribution is 1.07. The summed E-state index contributed by atoms with van der Waals surface area (Å²) in [6.45, 7) is 15.9. The first-order chi connectivity index (χ1) is 8.06. The van der Waals surface area contributed by atoms with Gasteiger partial charge in [0.1, 0.15) is 0 Å². The van der Waals surface area contributed by atoms with Crippen molar-refractivity contribution in [1.29, 1.82) is 0 Å². The molecule has 0 unspecified atom stereocenters. The van der Waals surface area contributed by atoms with Crippen molar-refractivity contribution in [2.75, 3.05) is 0 Å². The predicted molar refractivity (Wildman–Crippen MR) is 77.8 cm³/mol. The molecule has 1 heteroatoms. The van der Waals surface area contributed by atoms with Crippen LogP contribution in [0.25, 0.3) is 11.6 Å². The molecule has 0 spiro atoms. The Kier molecular flexibility index (Phi) is 4.77. The number of hydrogen-bond acceptors (Lipinski definition) is 0. The van der Waals surface area contributed by atoms with Crippen molar-refractivity contribution < 1.29 is 0 Å². The van der Waals surface area contributed by atoms with Crippen LogP contribution in [0.5, 0.6) is 0 Å². The molecule has 0 aromatic carbocycles. The van der Waals surface area contributed by atoms with Crippen LogP contribution in [0.4, 0.5) is 0 Å². The fraction of sp³-hybridized carbons (Fsp3) is 0.250. The minimum atomic E-state index is 0.962. The van der Waals surface area contributed by atoms with E-state index in [1.165, 1.54) is 11.1 Å². The first kappa shape index (κ1) is 13.3. The summed E-state index contributed by atoms with van der Waals surface area (Å²) in [4.78, 5) is 3.20. The third-order valence-electron chi connectivity index (χ3n) is 2.68. The molecule has 0 aliphatic heterocycles. The molecule has 0 amide bonds. The molecule has 0 saturated heterocycles. The van der Waals surface area contributed by atoms with Crippen LogP contribution in [0.2, 0.25) is 0 Å². The van der Waals surface area contributed by atoms with Gasteiger partial charge < -0.3 is 4.98 Å². The first-order valence-electron chi connectivity index (χ1n) is 5.87. The average Bonchev–Trinajstić information content (AvgIpc) is 2.65. The smallest absolute Gasteiger partial charge is 0.0453 e. The molecule has 1 nitrogen and oxygen atoms in total. The van der Waals surface area contributed by atoms with Gasteiger partial charge >= 0.3 is 0 Å². The predicted octanol–water partition coefficient (Wildman–Crippen LogP) is 4.89. The second-order valence-corrected chi connectivity index (χ2v) is 4.36. The number of allylic oxidation sites excluding steroid dienone is 4. The number of aromatic nitrogens is 1. The Morgan fingerprint density at radius 1 is 1.41 bits per heavy atom. The van der Waals surface area contributed by atoms with E-state index in [-0.39, 0.29) is 0 Å². The van der Waals surface area contributed by atoms with Crippen LogP contribution in [-0.4, -0.2) is 4.98 Å². The number of H-pyrrole nitrogens is 1. The Labute approximate surface area is 104 Å². The average molecular weight is 227 g/mol. The second kappa shape index (κ2) is 6.09. The number of aryl methyl sites for hydroxylation is 1. The standard InChI is InChI=1S/C16H21N/c1-6-15-16(14(5)11-17-15)13(4)10-8-7-9-12(2)3/h6-7,9,11,17H,1-2,4,8,10H2,3,5H3/b9-7-. The van der Waals surface area contributed by atoms with Crippen LogP contribution in [0, 0.1) is 6.92 Å².